The fourth-order valence-electron chi connectivity index (χ4n) is 1.82. The molecule has 1 aliphatic heterocycles. The Morgan fingerprint density at radius 3 is 1.93 bits per heavy atom. The molecular formula is C10H20O5. The lowest BCUT2D eigenvalue weighted by atomic mass is 9.80. The van der Waals surface area contributed by atoms with Crippen molar-refractivity contribution in [3.63, 3.8) is 0 Å². The van der Waals surface area contributed by atoms with Crippen molar-refractivity contribution in [1.29, 1.82) is 0 Å². The first-order valence-electron chi connectivity index (χ1n) is 5.09. The van der Waals surface area contributed by atoms with Gasteiger partial charge in [0.05, 0.1) is 12.7 Å². The van der Waals surface area contributed by atoms with E-state index in [0.717, 1.165) is 0 Å². The molecule has 1 saturated heterocycles. The van der Waals surface area contributed by atoms with Gasteiger partial charge in [0, 0.05) is 0 Å². The van der Waals surface area contributed by atoms with Crippen molar-refractivity contribution >= 4 is 0 Å². The highest BCUT2D eigenvalue weighted by atomic mass is 16.5. The van der Waals surface area contributed by atoms with Gasteiger partial charge < -0.3 is 25.2 Å². The van der Waals surface area contributed by atoms with Crippen LogP contribution in [0.25, 0.3) is 0 Å². The van der Waals surface area contributed by atoms with Crippen molar-refractivity contribution in [2.24, 2.45) is 5.41 Å². The van der Waals surface area contributed by atoms with E-state index in [9.17, 15) is 15.3 Å². The summed E-state index contributed by atoms with van der Waals surface area (Å²) >= 11 is 0. The van der Waals surface area contributed by atoms with Crippen LogP contribution in [0, 0.1) is 5.41 Å². The number of ether oxygens (including phenoxy) is 1. The van der Waals surface area contributed by atoms with Gasteiger partial charge in [0.2, 0.25) is 0 Å². The first-order valence-corrected chi connectivity index (χ1v) is 5.09. The molecule has 0 aromatic rings. The normalized spacial score (nSPS) is 43.0. The van der Waals surface area contributed by atoms with Crippen LogP contribution in [0.4, 0.5) is 0 Å². The predicted molar refractivity (Wildman–Crippen MR) is 53.2 cm³/mol. The molecule has 1 aliphatic rings. The molecule has 1 heterocycles. The first kappa shape index (κ1) is 12.9. The van der Waals surface area contributed by atoms with Crippen molar-refractivity contribution in [3.05, 3.63) is 0 Å². The Kier molecular flexibility index (Phi) is 3.73. The van der Waals surface area contributed by atoms with Gasteiger partial charge in [-0.15, -0.1) is 0 Å². The van der Waals surface area contributed by atoms with Gasteiger partial charge in [0.15, 0.2) is 0 Å². The highest BCUT2D eigenvalue weighted by molar-refractivity contribution is 4.96. The Morgan fingerprint density at radius 1 is 1.00 bits per heavy atom. The second-order valence-corrected chi connectivity index (χ2v) is 5.12. The highest BCUT2D eigenvalue weighted by Crippen LogP contribution is 2.32. The lowest BCUT2D eigenvalue weighted by Crippen LogP contribution is -2.61. The summed E-state index contributed by atoms with van der Waals surface area (Å²) in [6, 6.07) is 0. The average molecular weight is 220 g/mol. The monoisotopic (exact) mass is 220 g/mol. The van der Waals surface area contributed by atoms with Crippen LogP contribution in [0.5, 0.6) is 0 Å². The first-order chi connectivity index (χ1) is 6.79. The van der Waals surface area contributed by atoms with E-state index in [1.54, 1.807) is 0 Å². The van der Waals surface area contributed by atoms with Gasteiger partial charge in [0.25, 0.3) is 0 Å². The zero-order valence-electron chi connectivity index (χ0n) is 9.29. The molecule has 2 unspecified atom stereocenters. The van der Waals surface area contributed by atoms with E-state index in [1.807, 2.05) is 20.8 Å². The third-order valence-electron chi connectivity index (χ3n) is 2.75. The Labute approximate surface area is 89.3 Å². The maximum absolute atomic E-state index is 9.74. The molecule has 1 fully saturated rings. The molecule has 0 radical (unpaired) electrons. The largest absolute Gasteiger partial charge is 0.394 e. The van der Waals surface area contributed by atoms with Gasteiger partial charge in [-0.1, -0.05) is 20.8 Å². The van der Waals surface area contributed by atoms with Crippen LogP contribution in [0.2, 0.25) is 0 Å². The van der Waals surface area contributed by atoms with Gasteiger partial charge in [-0.05, 0) is 5.41 Å². The third kappa shape index (κ3) is 2.49. The minimum Gasteiger partial charge on any atom is -0.394 e. The van der Waals surface area contributed by atoms with E-state index in [4.69, 9.17) is 9.84 Å². The van der Waals surface area contributed by atoms with Gasteiger partial charge in [-0.25, -0.2) is 0 Å². The summed E-state index contributed by atoms with van der Waals surface area (Å²) in [5.41, 5.74) is -0.367. The SMILES string of the molecule is CC(C)(C)[C@H]1OC(CO)[C@@H](O)[C@H](O)C1O. The van der Waals surface area contributed by atoms with Crippen molar-refractivity contribution in [2.45, 2.75) is 51.3 Å². The maximum atomic E-state index is 9.74. The summed E-state index contributed by atoms with van der Waals surface area (Å²) in [7, 11) is 0. The standard InChI is InChI=1S/C10H20O5/c1-10(2,3)9-8(14)7(13)6(12)5(4-11)15-9/h5-9,11-14H,4H2,1-3H3/t5?,6-,7+,8?,9+/m1/s1. The molecule has 4 N–H and O–H groups in total. The lowest BCUT2D eigenvalue weighted by molar-refractivity contribution is -0.250. The smallest absolute Gasteiger partial charge is 0.111 e. The average Bonchev–Trinajstić information content (AvgIpc) is 2.13. The number of rotatable bonds is 1. The molecule has 5 atom stereocenters. The highest BCUT2D eigenvalue weighted by Gasteiger charge is 2.47. The molecule has 90 valence electrons. The topological polar surface area (TPSA) is 90.2 Å². The molecule has 0 spiro atoms. The van der Waals surface area contributed by atoms with E-state index in [0.29, 0.717) is 0 Å². The van der Waals surface area contributed by atoms with Crippen LogP contribution in [-0.4, -0.2) is 57.6 Å². The lowest BCUT2D eigenvalue weighted by Gasteiger charge is -2.45. The van der Waals surface area contributed by atoms with E-state index in [2.05, 4.69) is 0 Å². The Bertz CT molecular complexity index is 210. The zero-order valence-corrected chi connectivity index (χ0v) is 9.29. The quantitative estimate of drug-likeness (QED) is 0.449. The number of hydrogen-bond acceptors (Lipinski definition) is 5. The molecule has 0 saturated carbocycles. The Morgan fingerprint density at radius 2 is 1.53 bits per heavy atom. The van der Waals surface area contributed by atoms with Gasteiger partial charge in [-0.2, -0.15) is 0 Å². The number of aliphatic hydroxyl groups excluding tert-OH is 4. The molecule has 0 aromatic carbocycles. The van der Waals surface area contributed by atoms with Crippen LogP contribution < -0.4 is 0 Å². The van der Waals surface area contributed by atoms with Crippen molar-refractivity contribution in [3.8, 4) is 0 Å². The molecule has 15 heavy (non-hydrogen) atoms. The fourth-order valence-corrected chi connectivity index (χ4v) is 1.82. The van der Waals surface area contributed by atoms with Crippen LogP contribution >= 0.6 is 0 Å². The second kappa shape index (κ2) is 4.35. The summed E-state index contributed by atoms with van der Waals surface area (Å²) in [6.07, 6.45) is -5.10. The summed E-state index contributed by atoms with van der Waals surface area (Å²) in [6.45, 7) is 5.21. The van der Waals surface area contributed by atoms with Crippen LogP contribution in [0.3, 0.4) is 0 Å². The Hall–Kier alpha value is -0.200. The minimum atomic E-state index is -1.28. The zero-order chi connectivity index (χ0) is 11.8. The van der Waals surface area contributed by atoms with Crippen molar-refractivity contribution in [1.82, 2.24) is 0 Å². The second-order valence-electron chi connectivity index (χ2n) is 5.12. The summed E-state index contributed by atoms with van der Waals surface area (Å²) in [4.78, 5) is 0. The van der Waals surface area contributed by atoms with Crippen LogP contribution in [0.15, 0.2) is 0 Å². The van der Waals surface area contributed by atoms with Gasteiger partial charge in [0.1, 0.15) is 24.4 Å². The van der Waals surface area contributed by atoms with E-state index in [1.165, 1.54) is 0 Å². The van der Waals surface area contributed by atoms with Crippen molar-refractivity contribution < 1.29 is 25.2 Å². The van der Waals surface area contributed by atoms with E-state index in [-0.39, 0.29) is 12.0 Å². The van der Waals surface area contributed by atoms with Crippen LogP contribution in [-0.2, 0) is 4.74 Å². The summed E-state index contributed by atoms with van der Waals surface area (Å²) in [5.74, 6) is 0. The summed E-state index contributed by atoms with van der Waals surface area (Å²) < 4.78 is 5.38. The van der Waals surface area contributed by atoms with Gasteiger partial charge in [-0.3, -0.25) is 0 Å². The molecule has 5 heteroatoms. The maximum Gasteiger partial charge on any atom is 0.111 e. The molecule has 0 aromatic heterocycles. The predicted octanol–water partition coefficient (Wildman–Crippen LogP) is -1.13. The van der Waals surface area contributed by atoms with Gasteiger partial charge >= 0.3 is 0 Å². The van der Waals surface area contributed by atoms with Crippen LogP contribution in [0.1, 0.15) is 20.8 Å². The number of aliphatic hydroxyl groups is 4. The molecule has 0 aliphatic carbocycles. The van der Waals surface area contributed by atoms with E-state index >= 15 is 0 Å². The van der Waals surface area contributed by atoms with E-state index < -0.39 is 30.5 Å². The molecule has 1 rings (SSSR count). The van der Waals surface area contributed by atoms with Crippen molar-refractivity contribution in [2.75, 3.05) is 6.61 Å². The summed E-state index contributed by atoms with van der Waals surface area (Å²) in [5, 5.41) is 37.8. The third-order valence-corrected chi connectivity index (χ3v) is 2.75. The molecule has 0 amide bonds. The number of hydrogen-bond donors (Lipinski definition) is 4. The Balaban J connectivity index is 2.83. The molecule has 0 bridgehead atoms. The minimum absolute atomic E-state index is 0.367. The molecular weight excluding hydrogens is 200 g/mol. The fraction of sp³-hybridized carbons (Fsp3) is 1.00. The molecule has 5 nitrogen and oxygen atoms in total.